The normalized spacial score (nSPS) is 8.40. The summed E-state index contributed by atoms with van der Waals surface area (Å²) in [5.74, 6) is 0. The Hall–Kier alpha value is 0.137. The quantitative estimate of drug-likeness (QED) is 0.448. The van der Waals surface area contributed by atoms with Gasteiger partial charge in [-0.15, -0.1) is 0 Å². The highest BCUT2D eigenvalue weighted by Crippen LogP contribution is 1.47. The molecule has 0 bridgehead atoms. The first kappa shape index (κ1) is 5.14. The molecule has 0 atom stereocenters. The maximum Gasteiger partial charge on any atom is 0.244 e. The van der Waals surface area contributed by atoms with E-state index in [2.05, 4.69) is 4.43 Å². The van der Waals surface area contributed by atoms with Gasteiger partial charge in [0, 0.05) is 13.3 Å². The summed E-state index contributed by atoms with van der Waals surface area (Å²) < 4.78 is 4.59. The third-order valence-corrected chi connectivity index (χ3v) is 0.683. The van der Waals surface area contributed by atoms with E-state index in [4.69, 9.17) is 5.73 Å². The minimum atomic E-state index is 0.475. The summed E-state index contributed by atoms with van der Waals surface area (Å²) in [5.41, 5.74) is 5.03. The van der Waals surface area contributed by atoms with Crippen LogP contribution in [0.3, 0.4) is 0 Å². The van der Waals surface area contributed by atoms with Crippen molar-refractivity contribution in [2.45, 2.75) is 0 Å². The molecule has 0 saturated heterocycles. The van der Waals surface area contributed by atoms with Gasteiger partial charge in [0.15, 0.2) is 0 Å². The van der Waals surface area contributed by atoms with Gasteiger partial charge in [-0.3, -0.25) is 0 Å². The maximum atomic E-state index is 5.03. The lowest BCUT2D eigenvalue weighted by molar-refractivity contribution is 0.442. The lowest BCUT2D eigenvalue weighted by Crippen LogP contribution is -2.09. The molecule has 2 radical (unpaired) electrons. The number of hydrogen-bond acceptors (Lipinski definition) is 2. The topological polar surface area (TPSA) is 35.2 Å². The van der Waals surface area contributed by atoms with Gasteiger partial charge in [0.25, 0.3) is 0 Å². The van der Waals surface area contributed by atoms with E-state index < -0.39 is 0 Å². The van der Waals surface area contributed by atoms with Crippen LogP contribution in [0.1, 0.15) is 0 Å². The standard InChI is InChI=1S/C2H7NOSi/c1-4-5-2-3/h2-3H2,1H3. The van der Waals surface area contributed by atoms with Gasteiger partial charge in [0.05, 0.1) is 0 Å². The highest BCUT2D eigenvalue weighted by atomic mass is 28.2. The van der Waals surface area contributed by atoms with Crippen molar-refractivity contribution in [2.24, 2.45) is 5.73 Å². The molecule has 2 N–H and O–H groups in total. The third kappa shape index (κ3) is 4.14. The molecule has 2 nitrogen and oxygen atoms in total. The zero-order valence-electron chi connectivity index (χ0n) is 3.19. The molecular formula is C2H7NOSi. The largest absolute Gasteiger partial charge is 0.419 e. The van der Waals surface area contributed by atoms with E-state index in [0.717, 1.165) is 0 Å². The summed E-state index contributed by atoms with van der Waals surface area (Å²) in [6, 6.07) is 0. The van der Waals surface area contributed by atoms with Crippen molar-refractivity contribution in [2.75, 3.05) is 13.3 Å². The SMILES string of the molecule is CO[Si]CN. The molecule has 0 rings (SSSR count). The monoisotopic (exact) mass is 89.0 g/mol. The number of hydrogen-bond donors (Lipinski definition) is 1. The van der Waals surface area contributed by atoms with Gasteiger partial charge in [-0.2, -0.15) is 0 Å². The van der Waals surface area contributed by atoms with Crippen LogP contribution in [0, 0.1) is 0 Å². The van der Waals surface area contributed by atoms with Crippen LogP contribution >= 0.6 is 0 Å². The van der Waals surface area contributed by atoms with Crippen molar-refractivity contribution in [3.8, 4) is 0 Å². The van der Waals surface area contributed by atoms with Gasteiger partial charge < -0.3 is 10.2 Å². The third-order valence-electron chi connectivity index (χ3n) is 0.228. The van der Waals surface area contributed by atoms with E-state index >= 15 is 0 Å². The average Bonchev–Trinajstić information content (AvgIpc) is 1.41. The molecule has 3 heteroatoms. The van der Waals surface area contributed by atoms with Gasteiger partial charge in [-0.05, 0) is 0 Å². The molecule has 0 aromatic heterocycles. The fourth-order valence-corrected chi connectivity index (χ4v) is 0.250. The van der Waals surface area contributed by atoms with Crippen molar-refractivity contribution in [3.05, 3.63) is 0 Å². The Labute approximate surface area is 34.3 Å². The Morgan fingerprint density at radius 3 is 2.60 bits per heavy atom. The second-order valence-electron chi connectivity index (χ2n) is 0.553. The second-order valence-corrected chi connectivity index (χ2v) is 1.66. The zero-order valence-corrected chi connectivity index (χ0v) is 4.19. The predicted molar refractivity (Wildman–Crippen MR) is 21.8 cm³/mol. The van der Waals surface area contributed by atoms with Gasteiger partial charge >= 0.3 is 0 Å². The van der Waals surface area contributed by atoms with Crippen molar-refractivity contribution >= 4 is 9.76 Å². The zero-order chi connectivity index (χ0) is 4.12. The predicted octanol–water partition coefficient (Wildman–Crippen LogP) is -0.832. The Balaban J connectivity index is 2.19. The minimum Gasteiger partial charge on any atom is -0.419 e. The summed E-state index contributed by atoms with van der Waals surface area (Å²) in [4.78, 5) is 0. The molecule has 0 aliphatic rings. The van der Waals surface area contributed by atoms with Crippen LogP contribution in [0.15, 0.2) is 0 Å². The summed E-state index contributed by atoms with van der Waals surface area (Å²) >= 11 is 0. The first-order valence-corrected chi connectivity index (χ1v) is 2.49. The molecule has 0 fully saturated rings. The summed E-state index contributed by atoms with van der Waals surface area (Å²) in [6.45, 7) is 0. The molecule has 0 aromatic carbocycles. The first-order chi connectivity index (χ1) is 2.41. The fraction of sp³-hybridized carbons (Fsp3) is 1.00. The van der Waals surface area contributed by atoms with Crippen LogP contribution in [0.25, 0.3) is 0 Å². The maximum absolute atomic E-state index is 5.03. The van der Waals surface area contributed by atoms with Gasteiger partial charge in [0.2, 0.25) is 9.76 Å². The van der Waals surface area contributed by atoms with E-state index in [1.807, 2.05) is 0 Å². The molecule has 0 aliphatic heterocycles. The summed E-state index contributed by atoms with van der Waals surface area (Å²) in [6.07, 6.45) is 0.649. The van der Waals surface area contributed by atoms with Gasteiger partial charge in [0.1, 0.15) is 0 Å². The summed E-state index contributed by atoms with van der Waals surface area (Å²) in [5, 5.41) is 0. The van der Waals surface area contributed by atoms with Crippen LogP contribution in [0.4, 0.5) is 0 Å². The Kier molecular flexibility index (Phi) is 4.25. The smallest absolute Gasteiger partial charge is 0.244 e. The molecule has 0 saturated carbocycles. The molecule has 5 heavy (non-hydrogen) atoms. The molecule has 30 valence electrons. The first-order valence-electron chi connectivity index (χ1n) is 1.37. The van der Waals surface area contributed by atoms with Crippen LogP contribution < -0.4 is 5.73 Å². The molecule has 0 spiro atoms. The molecule has 0 heterocycles. The Morgan fingerprint density at radius 2 is 2.60 bits per heavy atom. The van der Waals surface area contributed by atoms with E-state index in [-0.39, 0.29) is 0 Å². The van der Waals surface area contributed by atoms with E-state index in [1.54, 1.807) is 7.11 Å². The summed E-state index contributed by atoms with van der Waals surface area (Å²) in [7, 11) is 2.12. The lowest BCUT2D eigenvalue weighted by atomic mass is 11.5. The van der Waals surface area contributed by atoms with Crippen LogP contribution in [-0.2, 0) is 4.43 Å². The Bertz CT molecular complexity index is 17.1. The Morgan fingerprint density at radius 1 is 2.00 bits per heavy atom. The molecular weight excluding hydrogens is 82.1 g/mol. The minimum absolute atomic E-state index is 0.475. The van der Waals surface area contributed by atoms with E-state index in [9.17, 15) is 0 Å². The lowest BCUT2D eigenvalue weighted by Gasteiger charge is -1.81. The average molecular weight is 89.2 g/mol. The van der Waals surface area contributed by atoms with Crippen molar-refractivity contribution in [1.82, 2.24) is 0 Å². The molecule has 0 aliphatic carbocycles. The number of nitrogens with two attached hydrogens (primary N) is 1. The van der Waals surface area contributed by atoms with Crippen LogP contribution in [0.2, 0.25) is 0 Å². The van der Waals surface area contributed by atoms with Crippen LogP contribution in [-0.4, -0.2) is 23.0 Å². The molecule has 0 amide bonds. The highest BCUT2D eigenvalue weighted by Gasteiger charge is 1.72. The van der Waals surface area contributed by atoms with E-state index in [0.29, 0.717) is 15.9 Å². The second kappa shape index (κ2) is 4.14. The van der Waals surface area contributed by atoms with Crippen LogP contribution in [0.5, 0.6) is 0 Å². The van der Waals surface area contributed by atoms with Crippen molar-refractivity contribution < 1.29 is 4.43 Å². The van der Waals surface area contributed by atoms with Crippen molar-refractivity contribution in [3.63, 3.8) is 0 Å². The molecule has 0 unspecified atom stereocenters. The molecule has 0 aromatic rings. The van der Waals surface area contributed by atoms with Gasteiger partial charge in [-0.1, -0.05) is 0 Å². The van der Waals surface area contributed by atoms with Crippen molar-refractivity contribution in [1.29, 1.82) is 0 Å². The van der Waals surface area contributed by atoms with E-state index in [1.165, 1.54) is 0 Å². The van der Waals surface area contributed by atoms with Gasteiger partial charge in [-0.25, -0.2) is 0 Å². The fourth-order valence-electron chi connectivity index (χ4n) is 0.0833. The number of rotatable bonds is 2. The highest BCUT2D eigenvalue weighted by molar-refractivity contribution is 6.27.